The molecule has 0 radical (unpaired) electrons. The van der Waals surface area contributed by atoms with Crippen molar-refractivity contribution in [3.63, 3.8) is 0 Å². The van der Waals surface area contributed by atoms with Gasteiger partial charge in [0.2, 0.25) is 0 Å². The lowest BCUT2D eigenvalue weighted by Gasteiger charge is -2.44. The third-order valence-electron chi connectivity index (χ3n) is 3.35. The van der Waals surface area contributed by atoms with Gasteiger partial charge in [0.15, 0.2) is 0 Å². The average molecular weight is 184 g/mol. The molecule has 1 saturated heterocycles. The number of aliphatic hydroxyl groups is 1. The van der Waals surface area contributed by atoms with Gasteiger partial charge in [-0.2, -0.15) is 0 Å². The quantitative estimate of drug-likeness (QED) is 0.577. The fraction of sp³-hybridized carbons (Fsp3) is 1.00. The molecule has 3 nitrogen and oxygen atoms in total. The molecule has 2 unspecified atom stereocenters. The number of nitrogens with zero attached hydrogens (tertiary/aromatic N) is 1. The van der Waals surface area contributed by atoms with Crippen molar-refractivity contribution in [2.45, 2.75) is 50.3 Å². The van der Waals surface area contributed by atoms with Gasteiger partial charge in [-0.3, -0.25) is 4.90 Å². The Hall–Kier alpha value is -0.120. The summed E-state index contributed by atoms with van der Waals surface area (Å²) >= 11 is 0. The monoisotopic (exact) mass is 184 g/mol. The van der Waals surface area contributed by atoms with Gasteiger partial charge in [0, 0.05) is 25.2 Å². The van der Waals surface area contributed by atoms with Gasteiger partial charge in [-0.25, -0.2) is 0 Å². The van der Waals surface area contributed by atoms with E-state index in [-0.39, 0.29) is 6.10 Å². The van der Waals surface area contributed by atoms with E-state index in [9.17, 15) is 5.11 Å². The summed E-state index contributed by atoms with van der Waals surface area (Å²) in [5.74, 6) is 0. The van der Waals surface area contributed by atoms with Crippen molar-refractivity contribution in [2.24, 2.45) is 5.73 Å². The molecule has 0 aromatic rings. The van der Waals surface area contributed by atoms with Gasteiger partial charge in [0.1, 0.15) is 0 Å². The van der Waals surface area contributed by atoms with Gasteiger partial charge in [-0.05, 0) is 12.8 Å². The molecule has 2 fully saturated rings. The fourth-order valence-electron chi connectivity index (χ4n) is 2.51. The minimum atomic E-state index is -0.102. The molecule has 3 heteroatoms. The third kappa shape index (κ3) is 2.03. The zero-order chi connectivity index (χ0) is 9.26. The van der Waals surface area contributed by atoms with E-state index in [1.807, 2.05) is 0 Å². The molecular formula is C10H20N2O. The highest BCUT2D eigenvalue weighted by Crippen LogP contribution is 2.25. The maximum absolute atomic E-state index is 9.89. The summed E-state index contributed by atoms with van der Waals surface area (Å²) < 4.78 is 0. The van der Waals surface area contributed by atoms with Crippen LogP contribution in [-0.4, -0.2) is 41.3 Å². The zero-order valence-electron chi connectivity index (χ0n) is 8.15. The highest BCUT2D eigenvalue weighted by atomic mass is 16.3. The molecule has 2 aliphatic rings. The van der Waals surface area contributed by atoms with Crippen molar-refractivity contribution < 1.29 is 5.11 Å². The second-order valence-electron chi connectivity index (χ2n) is 4.49. The average Bonchev–Trinajstić information content (AvgIpc) is 2.25. The van der Waals surface area contributed by atoms with Gasteiger partial charge < -0.3 is 10.8 Å². The number of hydrogen-bond acceptors (Lipinski definition) is 3. The molecule has 13 heavy (non-hydrogen) atoms. The number of nitrogens with two attached hydrogens (primary N) is 1. The zero-order valence-corrected chi connectivity index (χ0v) is 8.15. The summed E-state index contributed by atoms with van der Waals surface area (Å²) in [6.45, 7) is 1.98. The normalized spacial score (nSPS) is 38.3. The van der Waals surface area contributed by atoms with E-state index in [0.29, 0.717) is 12.1 Å². The van der Waals surface area contributed by atoms with Gasteiger partial charge in [-0.1, -0.05) is 19.3 Å². The maximum Gasteiger partial charge on any atom is 0.0695 e. The Kier molecular flexibility index (Phi) is 2.86. The summed E-state index contributed by atoms with van der Waals surface area (Å²) in [5.41, 5.74) is 5.74. The number of likely N-dealkylation sites (tertiary alicyclic amines) is 1. The molecule has 3 N–H and O–H groups in total. The Bertz CT molecular complexity index is 168. The topological polar surface area (TPSA) is 49.5 Å². The van der Waals surface area contributed by atoms with Crippen LogP contribution in [0.25, 0.3) is 0 Å². The molecule has 2 rings (SSSR count). The molecule has 0 amide bonds. The van der Waals surface area contributed by atoms with Crippen molar-refractivity contribution in [3.8, 4) is 0 Å². The predicted molar refractivity (Wildman–Crippen MR) is 52.4 cm³/mol. The summed E-state index contributed by atoms with van der Waals surface area (Å²) in [7, 11) is 0. The first-order chi connectivity index (χ1) is 6.27. The van der Waals surface area contributed by atoms with Gasteiger partial charge in [0.05, 0.1) is 6.10 Å². The predicted octanol–water partition coefficient (Wildman–Crippen LogP) is 0.323. The Labute approximate surface area is 79.9 Å². The molecule has 0 aromatic carbocycles. The van der Waals surface area contributed by atoms with Crippen LogP contribution in [0, 0.1) is 0 Å². The van der Waals surface area contributed by atoms with Crippen LogP contribution in [0.1, 0.15) is 32.1 Å². The van der Waals surface area contributed by atoms with Crippen molar-refractivity contribution >= 4 is 0 Å². The van der Waals surface area contributed by atoms with E-state index in [1.165, 1.54) is 19.3 Å². The third-order valence-corrected chi connectivity index (χ3v) is 3.35. The highest BCUT2D eigenvalue weighted by molar-refractivity contribution is 4.91. The first-order valence-corrected chi connectivity index (χ1v) is 5.45. The molecule has 0 bridgehead atoms. The second-order valence-corrected chi connectivity index (χ2v) is 4.49. The maximum atomic E-state index is 9.89. The Morgan fingerprint density at radius 2 is 1.77 bits per heavy atom. The van der Waals surface area contributed by atoms with Crippen molar-refractivity contribution in [3.05, 3.63) is 0 Å². The van der Waals surface area contributed by atoms with Gasteiger partial charge in [0.25, 0.3) is 0 Å². The second kappa shape index (κ2) is 3.95. The van der Waals surface area contributed by atoms with Crippen LogP contribution in [0.2, 0.25) is 0 Å². The van der Waals surface area contributed by atoms with E-state index in [0.717, 1.165) is 25.9 Å². The molecule has 0 aromatic heterocycles. The Balaban J connectivity index is 1.88. The van der Waals surface area contributed by atoms with Gasteiger partial charge in [-0.15, -0.1) is 0 Å². The fourth-order valence-corrected chi connectivity index (χ4v) is 2.51. The lowest BCUT2D eigenvalue weighted by molar-refractivity contribution is 0.00195. The molecule has 1 saturated carbocycles. The minimum Gasteiger partial charge on any atom is -0.391 e. The Morgan fingerprint density at radius 1 is 1.08 bits per heavy atom. The lowest BCUT2D eigenvalue weighted by atomic mass is 9.98. The molecule has 76 valence electrons. The minimum absolute atomic E-state index is 0.102. The number of rotatable bonds is 1. The molecule has 1 aliphatic heterocycles. The first-order valence-electron chi connectivity index (χ1n) is 5.45. The molecular weight excluding hydrogens is 164 g/mol. The molecule has 1 heterocycles. The van der Waals surface area contributed by atoms with Crippen LogP contribution >= 0.6 is 0 Å². The summed E-state index contributed by atoms with van der Waals surface area (Å²) in [6, 6.07) is 0.762. The van der Waals surface area contributed by atoms with E-state index in [1.54, 1.807) is 0 Å². The molecule has 1 aliphatic carbocycles. The summed E-state index contributed by atoms with van der Waals surface area (Å²) in [4.78, 5) is 2.35. The van der Waals surface area contributed by atoms with Crippen LogP contribution in [0.3, 0.4) is 0 Å². The number of hydrogen-bond donors (Lipinski definition) is 2. The van der Waals surface area contributed by atoms with Crippen molar-refractivity contribution in [2.75, 3.05) is 13.1 Å². The van der Waals surface area contributed by atoms with Crippen molar-refractivity contribution in [1.82, 2.24) is 4.90 Å². The first kappa shape index (κ1) is 9.44. The van der Waals surface area contributed by atoms with Gasteiger partial charge >= 0.3 is 0 Å². The smallest absolute Gasteiger partial charge is 0.0695 e. The van der Waals surface area contributed by atoms with E-state index < -0.39 is 0 Å². The largest absolute Gasteiger partial charge is 0.391 e. The lowest BCUT2D eigenvalue weighted by Crippen LogP contribution is -2.61. The number of aliphatic hydroxyl groups excluding tert-OH is 1. The highest BCUT2D eigenvalue weighted by Gasteiger charge is 2.34. The summed E-state index contributed by atoms with van der Waals surface area (Å²) in [6.07, 6.45) is 5.79. The van der Waals surface area contributed by atoms with E-state index in [4.69, 9.17) is 5.73 Å². The van der Waals surface area contributed by atoms with E-state index >= 15 is 0 Å². The van der Waals surface area contributed by atoms with Crippen LogP contribution < -0.4 is 5.73 Å². The standard InChI is InChI=1S/C10H20N2O/c11-8-6-12(7-8)9-4-2-1-3-5-10(9)13/h8-10,13H,1-7,11H2. The van der Waals surface area contributed by atoms with E-state index in [2.05, 4.69) is 4.90 Å². The van der Waals surface area contributed by atoms with Crippen LogP contribution in [0.5, 0.6) is 0 Å². The molecule has 2 atom stereocenters. The molecule has 0 spiro atoms. The van der Waals surface area contributed by atoms with Crippen LogP contribution in [0.15, 0.2) is 0 Å². The van der Waals surface area contributed by atoms with Crippen molar-refractivity contribution in [1.29, 1.82) is 0 Å². The van der Waals surface area contributed by atoms with Crippen LogP contribution in [0.4, 0.5) is 0 Å². The summed E-state index contributed by atoms with van der Waals surface area (Å²) in [5, 5.41) is 9.89. The Morgan fingerprint density at radius 3 is 2.46 bits per heavy atom. The van der Waals surface area contributed by atoms with Crippen LogP contribution in [-0.2, 0) is 0 Å². The SMILES string of the molecule is NC1CN(C2CCCCCC2O)C1.